The van der Waals surface area contributed by atoms with Gasteiger partial charge < -0.3 is 14.8 Å². The van der Waals surface area contributed by atoms with Crippen molar-refractivity contribution >= 4 is 17.3 Å². The lowest BCUT2D eigenvalue weighted by Crippen LogP contribution is -2.20. The van der Waals surface area contributed by atoms with E-state index < -0.39 is 4.92 Å². The van der Waals surface area contributed by atoms with Crippen molar-refractivity contribution in [1.82, 2.24) is 9.78 Å². The van der Waals surface area contributed by atoms with E-state index in [2.05, 4.69) is 10.4 Å². The minimum absolute atomic E-state index is 0.0751. The van der Waals surface area contributed by atoms with Gasteiger partial charge in [0.05, 0.1) is 19.1 Å². The number of anilines is 1. The minimum Gasteiger partial charge on any atom is -0.493 e. The van der Waals surface area contributed by atoms with Crippen molar-refractivity contribution in [2.24, 2.45) is 0 Å². The Bertz CT molecular complexity index is 784. The van der Waals surface area contributed by atoms with Crippen LogP contribution in [0.15, 0.2) is 18.2 Å². The average molecular weight is 334 g/mol. The van der Waals surface area contributed by atoms with Crippen molar-refractivity contribution in [1.29, 1.82) is 0 Å². The van der Waals surface area contributed by atoms with Gasteiger partial charge in [0.1, 0.15) is 17.9 Å². The topological polar surface area (TPSA) is 109 Å². The van der Waals surface area contributed by atoms with Gasteiger partial charge in [-0.25, -0.2) is 0 Å². The molecule has 0 bridgehead atoms. The third-order valence-corrected chi connectivity index (χ3v) is 3.49. The summed E-state index contributed by atoms with van der Waals surface area (Å²) in [6, 6.07) is 4.96. The molecule has 128 valence electrons. The van der Waals surface area contributed by atoms with E-state index in [0.29, 0.717) is 22.9 Å². The number of nitrogens with zero attached hydrogens (tertiary/aromatic N) is 3. The van der Waals surface area contributed by atoms with Crippen LogP contribution in [0.1, 0.15) is 11.4 Å². The van der Waals surface area contributed by atoms with Crippen molar-refractivity contribution in [3.05, 3.63) is 39.7 Å². The zero-order valence-electron chi connectivity index (χ0n) is 13.8. The van der Waals surface area contributed by atoms with E-state index in [1.165, 1.54) is 25.8 Å². The van der Waals surface area contributed by atoms with Gasteiger partial charge in [-0.3, -0.25) is 19.6 Å². The number of ether oxygens (including phenoxy) is 2. The molecule has 9 nitrogen and oxygen atoms in total. The predicted octanol–water partition coefficient (Wildman–Crippen LogP) is 2.06. The summed E-state index contributed by atoms with van der Waals surface area (Å²) in [5, 5.41) is 17.7. The highest BCUT2D eigenvalue weighted by Crippen LogP contribution is 2.29. The van der Waals surface area contributed by atoms with Gasteiger partial charge in [0.15, 0.2) is 11.5 Å². The van der Waals surface area contributed by atoms with Crippen LogP contribution in [0.3, 0.4) is 0 Å². The van der Waals surface area contributed by atoms with Gasteiger partial charge in [-0.2, -0.15) is 5.10 Å². The van der Waals surface area contributed by atoms with Crippen molar-refractivity contribution in [3.63, 3.8) is 0 Å². The molecule has 24 heavy (non-hydrogen) atoms. The SMILES string of the molecule is COc1ccc(NC(=O)Cn2nc(C)c([N+](=O)[O-])c2C)cc1OC. The maximum Gasteiger partial charge on any atom is 0.312 e. The van der Waals surface area contributed by atoms with Crippen LogP contribution in [0.5, 0.6) is 11.5 Å². The molecule has 1 aromatic carbocycles. The predicted molar refractivity (Wildman–Crippen MR) is 86.5 cm³/mol. The van der Waals surface area contributed by atoms with Crippen molar-refractivity contribution < 1.29 is 19.2 Å². The molecule has 1 amide bonds. The fraction of sp³-hybridized carbons (Fsp3) is 0.333. The second-order valence-electron chi connectivity index (χ2n) is 5.05. The molecule has 0 saturated carbocycles. The molecule has 9 heteroatoms. The van der Waals surface area contributed by atoms with E-state index in [-0.39, 0.29) is 23.8 Å². The summed E-state index contributed by atoms with van der Waals surface area (Å²) < 4.78 is 11.6. The van der Waals surface area contributed by atoms with Crippen LogP contribution in [0.4, 0.5) is 11.4 Å². The molecule has 0 saturated heterocycles. The number of amides is 1. The number of aromatic nitrogens is 2. The Morgan fingerprint density at radius 2 is 1.96 bits per heavy atom. The van der Waals surface area contributed by atoms with Crippen molar-refractivity contribution in [3.8, 4) is 11.5 Å². The Morgan fingerprint density at radius 1 is 1.29 bits per heavy atom. The lowest BCUT2D eigenvalue weighted by Gasteiger charge is -2.11. The lowest BCUT2D eigenvalue weighted by molar-refractivity contribution is -0.386. The Kier molecular flexibility index (Phi) is 5.02. The normalized spacial score (nSPS) is 10.3. The number of hydrogen-bond donors (Lipinski definition) is 1. The van der Waals surface area contributed by atoms with Gasteiger partial charge in [0, 0.05) is 11.8 Å². The van der Waals surface area contributed by atoms with Gasteiger partial charge >= 0.3 is 5.69 Å². The van der Waals surface area contributed by atoms with Crippen LogP contribution in [0.25, 0.3) is 0 Å². The Hall–Kier alpha value is -3.10. The first-order valence-electron chi connectivity index (χ1n) is 7.07. The molecule has 2 rings (SSSR count). The summed E-state index contributed by atoms with van der Waals surface area (Å²) in [4.78, 5) is 22.7. The van der Waals surface area contributed by atoms with E-state index in [0.717, 1.165) is 0 Å². The number of benzene rings is 1. The van der Waals surface area contributed by atoms with Gasteiger partial charge in [-0.1, -0.05) is 0 Å². The van der Waals surface area contributed by atoms with Crippen LogP contribution >= 0.6 is 0 Å². The van der Waals surface area contributed by atoms with Crippen LogP contribution < -0.4 is 14.8 Å². The highest BCUT2D eigenvalue weighted by atomic mass is 16.6. The maximum atomic E-state index is 12.2. The van der Waals surface area contributed by atoms with Crippen LogP contribution in [-0.2, 0) is 11.3 Å². The van der Waals surface area contributed by atoms with Gasteiger partial charge in [-0.05, 0) is 26.0 Å². The van der Waals surface area contributed by atoms with Crippen LogP contribution in [0, 0.1) is 24.0 Å². The number of carbonyl (C=O) groups excluding carboxylic acids is 1. The molecule has 0 aliphatic carbocycles. The molecule has 0 fully saturated rings. The van der Waals surface area contributed by atoms with E-state index in [4.69, 9.17) is 9.47 Å². The first-order valence-corrected chi connectivity index (χ1v) is 7.07. The molecule has 2 aromatic rings. The van der Waals surface area contributed by atoms with Crippen molar-refractivity contribution in [2.45, 2.75) is 20.4 Å². The smallest absolute Gasteiger partial charge is 0.312 e. The number of methoxy groups -OCH3 is 2. The van der Waals surface area contributed by atoms with Crippen LogP contribution in [-0.4, -0.2) is 34.8 Å². The molecule has 0 aliphatic heterocycles. The molecular formula is C15H18N4O5. The van der Waals surface area contributed by atoms with Gasteiger partial charge in [0.25, 0.3) is 0 Å². The zero-order valence-corrected chi connectivity index (χ0v) is 13.8. The number of aryl methyl sites for hydroxylation is 1. The summed E-state index contributed by atoms with van der Waals surface area (Å²) in [6.07, 6.45) is 0. The number of carbonyl (C=O) groups is 1. The fourth-order valence-electron chi connectivity index (χ4n) is 2.36. The summed E-state index contributed by atoms with van der Waals surface area (Å²) in [6.45, 7) is 2.96. The summed E-state index contributed by atoms with van der Waals surface area (Å²) in [7, 11) is 3.02. The number of hydrogen-bond acceptors (Lipinski definition) is 6. The maximum absolute atomic E-state index is 12.2. The molecule has 1 aromatic heterocycles. The summed E-state index contributed by atoms with van der Waals surface area (Å²) in [5.41, 5.74) is 1.05. The highest BCUT2D eigenvalue weighted by molar-refractivity contribution is 5.91. The van der Waals surface area contributed by atoms with E-state index in [1.54, 1.807) is 25.1 Å². The number of nitrogens with one attached hydrogen (secondary N) is 1. The summed E-state index contributed by atoms with van der Waals surface area (Å²) >= 11 is 0. The average Bonchev–Trinajstić information content (AvgIpc) is 2.80. The standard InChI is InChI=1S/C15H18N4O5/c1-9-15(19(21)22)10(2)18(17-9)8-14(20)16-11-5-6-12(23-3)13(7-11)24-4/h5-7H,8H2,1-4H3,(H,16,20). The lowest BCUT2D eigenvalue weighted by atomic mass is 10.2. The first-order chi connectivity index (χ1) is 11.4. The molecule has 0 aliphatic rings. The van der Waals surface area contributed by atoms with Gasteiger partial charge in [-0.15, -0.1) is 0 Å². The second kappa shape index (κ2) is 6.99. The summed E-state index contributed by atoms with van der Waals surface area (Å²) in [5.74, 6) is 0.671. The number of rotatable bonds is 6. The molecule has 1 N–H and O–H groups in total. The quantitative estimate of drug-likeness (QED) is 0.640. The molecule has 0 unspecified atom stereocenters. The fourth-order valence-corrected chi connectivity index (χ4v) is 2.36. The molecule has 1 heterocycles. The monoisotopic (exact) mass is 334 g/mol. The third kappa shape index (κ3) is 3.45. The van der Waals surface area contributed by atoms with Crippen molar-refractivity contribution in [2.75, 3.05) is 19.5 Å². The Labute approximate surface area is 138 Å². The third-order valence-electron chi connectivity index (χ3n) is 3.49. The largest absolute Gasteiger partial charge is 0.493 e. The van der Waals surface area contributed by atoms with E-state index >= 15 is 0 Å². The second-order valence-corrected chi connectivity index (χ2v) is 5.05. The molecule has 0 spiro atoms. The van der Waals surface area contributed by atoms with Gasteiger partial charge in [0.2, 0.25) is 5.91 Å². The highest BCUT2D eigenvalue weighted by Gasteiger charge is 2.22. The van der Waals surface area contributed by atoms with E-state index in [9.17, 15) is 14.9 Å². The molecule has 0 atom stereocenters. The Balaban J connectivity index is 2.14. The first kappa shape index (κ1) is 17.3. The Morgan fingerprint density at radius 3 is 2.50 bits per heavy atom. The molecular weight excluding hydrogens is 316 g/mol. The zero-order chi connectivity index (χ0) is 17.9. The molecule has 0 radical (unpaired) electrons. The minimum atomic E-state index is -0.500. The van der Waals surface area contributed by atoms with E-state index in [1.807, 2.05) is 0 Å². The van der Waals surface area contributed by atoms with Crippen LogP contribution in [0.2, 0.25) is 0 Å². The number of nitro groups is 1.